The molecule has 0 atom stereocenters. The molecule has 0 N–H and O–H groups in total. The average Bonchev–Trinajstić information content (AvgIpc) is 3.30. The Bertz CT molecular complexity index is 2950. The molecule has 4 nitrogen and oxygen atoms in total. The molecule has 0 unspecified atom stereocenters. The second-order valence-electron chi connectivity index (χ2n) is 18.2. The highest BCUT2D eigenvalue weighted by atomic mass is 16.5. The van der Waals surface area contributed by atoms with Crippen LogP contribution in [-0.4, -0.2) is 13.4 Å². The lowest BCUT2D eigenvalue weighted by molar-refractivity contribution is 0.466. The number of benzene rings is 8. The molecule has 0 radical (unpaired) electrons. The van der Waals surface area contributed by atoms with Gasteiger partial charge in [-0.3, -0.25) is 0 Å². The summed E-state index contributed by atoms with van der Waals surface area (Å²) >= 11 is 0. The highest BCUT2D eigenvalue weighted by Crippen LogP contribution is 2.43. The van der Waals surface area contributed by atoms with Crippen LogP contribution in [-0.2, 0) is 0 Å². The first-order valence-electron chi connectivity index (χ1n) is 22.6. The number of rotatable bonds is 8. The summed E-state index contributed by atoms with van der Waals surface area (Å²) in [5.74, 6) is 4.44. The van der Waals surface area contributed by atoms with E-state index in [0.29, 0.717) is 17.8 Å². The molecule has 3 heterocycles. The van der Waals surface area contributed by atoms with Crippen LogP contribution in [0.4, 0.5) is 34.1 Å². The van der Waals surface area contributed by atoms with Crippen LogP contribution >= 0.6 is 0 Å². The highest BCUT2D eigenvalue weighted by molar-refractivity contribution is 7.01. The topological polar surface area (TPSA) is 24.9 Å². The fraction of sp³-hybridized carbons (Fsp3) is 0.158. The van der Waals surface area contributed by atoms with Crippen LogP contribution in [0.25, 0.3) is 0 Å². The second kappa shape index (κ2) is 15.5. The van der Waals surface area contributed by atoms with Crippen LogP contribution in [0.1, 0.15) is 76.0 Å². The molecule has 8 aromatic rings. The Morgan fingerprint density at radius 3 is 1.56 bits per heavy atom. The number of ether oxygens (including phenoxy) is 2. The lowest BCUT2D eigenvalue weighted by Gasteiger charge is -2.40. The van der Waals surface area contributed by atoms with Gasteiger partial charge in [0.15, 0.2) is 0 Å². The number of fused-ring (bicyclic) bond motifs is 6. The van der Waals surface area contributed by atoms with E-state index in [-0.39, 0.29) is 13.4 Å². The van der Waals surface area contributed by atoms with Crippen molar-refractivity contribution in [3.63, 3.8) is 0 Å². The van der Waals surface area contributed by atoms with E-state index in [1.54, 1.807) is 0 Å². The zero-order valence-electron chi connectivity index (χ0n) is 36.8. The van der Waals surface area contributed by atoms with Gasteiger partial charge in [0.25, 0.3) is 13.4 Å². The molecule has 63 heavy (non-hydrogen) atoms. The number of hydrogen-bond donors (Lipinski definition) is 0. The molecule has 0 saturated heterocycles. The molecule has 0 amide bonds. The molecule has 0 spiro atoms. The minimum absolute atomic E-state index is 0.0337. The van der Waals surface area contributed by atoms with Crippen molar-refractivity contribution in [2.24, 2.45) is 0 Å². The summed E-state index contributed by atoms with van der Waals surface area (Å²) in [6.45, 7) is 13.9. The summed E-state index contributed by atoms with van der Waals surface area (Å²) in [6, 6.07) is 63.8. The zero-order chi connectivity index (χ0) is 42.9. The SMILES string of the molecule is CC(C)c1cc(C(C)C)c(B2c3ccc(N(c4ccccc4)c4ccccc4)cc3Oc3cc4c(cc32)B2c3ccccc3N(c3ccccc3)c3cccc(c32)O4)c(C(C)C)c1. The molecule has 0 fully saturated rings. The smallest absolute Gasteiger partial charge is 0.256 e. The van der Waals surface area contributed by atoms with E-state index < -0.39 is 0 Å². The van der Waals surface area contributed by atoms with Crippen LogP contribution in [0.3, 0.4) is 0 Å². The summed E-state index contributed by atoms with van der Waals surface area (Å²) in [5, 5.41) is 0. The number of anilines is 6. The van der Waals surface area contributed by atoms with Gasteiger partial charge in [-0.2, -0.15) is 0 Å². The minimum atomic E-state index is -0.0858. The van der Waals surface area contributed by atoms with Gasteiger partial charge in [0.05, 0.1) is 0 Å². The normalized spacial score (nSPS) is 13.2. The molecule has 3 aliphatic rings. The quantitative estimate of drug-likeness (QED) is 0.143. The average molecular weight is 817 g/mol. The molecule has 306 valence electrons. The van der Waals surface area contributed by atoms with E-state index in [4.69, 9.17) is 9.47 Å². The van der Waals surface area contributed by atoms with Crippen molar-refractivity contribution in [1.29, 1.82) is 0 Å². The van der Waals surface area contributed by atoms with Crippen LogP contribution in [0.5, 0.6) is 23.0 Å². The third-order valence-corrected chi connectivity index (χ3v) is 13.3. The predicted molar refractivity (Wildman–Crippen MR) is 267 cm³/mol. The molecular formula is C57H50B2N2O2. The summed E-state index contributed by atoms with van der Waals surface area (Å²) < 4.78 is 14.3. The molecule has 6 heteroatoms. The number of hydrogen-bond acceptors (Lipinski definition) is 4. The van der Waals surface area contributed by atoms with E-state index in [1.165, 1.54) is 49.7 Å². The van der Waals surface area contributed by atoms with Crippen molar-refractivity contribution in [2.45, 2.75) is 59.3 Å². The molecular weight excluding hydrogens is 766 g/mol. The van der Waals surface area contributed by atoms with Crippen LogP contribution in [0.15, 0.2) is 176 Å². The Kier molecular flexibility index (Phi) is 9.57. The van der Waals surface area contributed by atoms with Crippen molar-refractivity contribution in [3.8, 4) is 23.0 Å². The van der Waals surface area contributed by atoms with Crippen molar-refractivity contribution in [2.75, 3.05) is 9.80 Å². The third kappa shape index (κ3) is 6.46. The van der Waals surface area contributed by atoms with E-state index in [0.717, 1.165) is 56.9 Å². The van der Waals surface area contributed by atoms with Crippen molar-refractivity contribution < 1.29 is 9.47 Å². The van der Waals surface area contributed by atoms with Crippen LogP contribution < -0.4 is 52.1 Å². The van der Waals surface area contributed by atoms with Gasteiger partial charge in [-0.05, 0) is 122 Å². The highest BCUT2D eigenvalue weighted by Gasteiger charge is 2.44. The summed E-state index contributed by atoms with van der Waals surface area (Å²) in [7, 11) is 0. The Morgan fingerprint density at radius 1 is 0.397 bits per heavy atom. The number of nitrogens with zero attached hydrogens (tertiary/aromatic N) is 2. The monoisotopic (exact) mass is 816 g/mol. The van der Waals surface area contributed by atoms with Crippen molar-refractivity contribution in [1.82, 2.24) is 0 Å². The van der Waals surface area contributed by atoms with Gasteiger partial charge in [-0.1, -0.05) is 150 Å². The van der Waals surface area contributed by atoms with Crippen LogP contribution in [0.2, 0.25) is 0 Å². The zero-order valence-corrected chi connectivity index (χ0v) is 36.8. The Balaban J connectivity index is 1.16. The molecule has 0 aromatic heterocycles. The largest absolute Gasteiger partial charge is 0.458 e. The lowest BCUT2D eigenvalue weighted by atomic mass is 9.31. The standard InChI is InChI=1S/C57H50B2N2O2/c1-36(2)39-31-44(37(3)4)56(45(32-39)38(5)6)59-47-30-29-43(60(40-19-10-7-11-20-40)41-21-12-8-13-22-41)33-53(47)63-55-35-54-48(34-49(55)59)58-46-25-16-17-26-50(46)61(42-23-14-9-15-24-42)51-27-18-28-52(62-54)57(51)58/h7-38H,1-6H3. The van der Waals surface area contributed by atoms with E-state index >= 15 is 0 Å². The van der Waals surface area contributed by atoms with Gasteiger partial charge in [0.1, 0.15) is 23.0 Å². The minimum Gasteiger partial charge on any atom is -0.458 e. The van der Waals surface area contributed by atoms with E-state index in [1.807, 2.05) is 0 Å². The number of para-hydroxylation sites is 4. The maximum atomic E-state index is 7.24. The predicted octanol–water partition coefficient (Wildman–Crippen LogP) is 11.6. The first-order chi connectivity index (χ1) is 30.7. The van der Waals surface area contributed by atoms with Crippen molar-refractivity contribution >= 4 is 80.3 Å². The fourth-order valence-corrected chi connectivity index (χ4v) is 10.4. The van der Waals surface area contributed by atoms with Crippen molar-refractivity contribution in [3.05, 3.63) is 193 Å². The molecule has 3 aliphatic heterocycles. The van der Waals surface area contributed by atoms with Gasteiger partial charge in [0, 0.05) is 46.3 Å². The van der Waals surface area contributed by atoms with Gasteiger partial charge in [-0.15, -0.1) is 0 Å². The second-order valence-corrected chi connectivity index (χ2v) is 18.2. The Labute approximate surface area is 372 Å². The first kappa shape index (κ1) is 39.0. The summed E-state index contributed by atoms with van der Waals surface area (Å²) in [5.41, 5.74) is 18.2. The molecule has 0 bridgehead atoms. The first-order valence-corrected chi connectivity index (χ1v) is 22.6. The molecule has 8 aromatic carbocycles. The summed E-state index contributed by atoms with van der Waals surface area (Å²) in [4.78, 5) is 4.71. The molecule has 0 saturated carbocycles. The van der Waals surface area contributed by atoms with Gasteiger partial charge in [-0.25, -0.2) is 0 Å². The Hall–Kier alpha value is -6.91. The lowest BCUT2D eigenvalue weighted by Crippen LogP contribution is -2.62. The van der Waals surface area contributed by atoms with Crippen LogP contribution in [0, 0.1) is 0 Å². The maximum Gasteiger partial charge on any atom is 0.256 e. The van der Waals surface area contributed by atoms with E-state index in [9.17, 15) is 0 Å². The van der Waals surface area contributed by atoms with Gasteiger partial charge >= 0.3 is 0 Å². The van der Waals surface area contributed by atoms with Gasteiger partial charge < -0.3 is 19.3 Å². The summed E-state index contributed by atoms with van der Waals surface area (Å²) in [6.07, 6.45) is 0. The third-order valence-electron chi connectivity index (χ3n) is 13.3. The van der Waals surface area contributed by atoms with Gasteiger partial charge in [0.2, 0.25) is 0 Å². The maximum absolute atomic E-state index is 7.24. The molecule has 11 rings (SSSR count). The fourth-order valence-electron chi connectivity index (χ4n) is 10.4. The Morgan fingerprint density at radius 2 is 0.937 bits per heavy atom. The van der Waals surface area contributed by atoms with E-state index in [2.05, 4.69) is 227 Å². The molecule has 0 aliphatic carbocycles.